The zero-order chi connectivity index (χ0) is 14.7. The third-order valence-electron chi connectivity index (χ3n) is 2.60. The van der Waals surface area contributed by atoms with E-state index >= 15 is 0 Å². The van der Waals surface area contributed by atoms with Gasteiger partial charge in [0.2, 0.25) is 0 Å². The average Bonchev–Trinajstić information content (AvgIpc) is 2.42. The molecule has 0 amide bonds. The summed E-state index contributed by atoms with van der Waals surface area (Å²) in [5.74, 6) is -0.582. The number of esters is 1. The molecule has 20 heavy (non-hydrogen) atoms. The topological polar surface area (TPSA) is 52.3 Å². The highest BCUT2D eigenvalue weighted by Gasteiger charge is 2.15. The molecular weight excluding hydrogens is 321 g/mol. The van der Waals surface area contributed by atoms with Gasteiger partial charge in [-0.15, -0.1) is 0 Å². The molecule has 0 bridgehead atoms. The average molecular weight is 331 g/mol. The second-order valence-electron chi connectivity index (χ2n) is 4.05. The smallest absolute Gasteiger partial charge is 0.340 e. The third-order valence-corrected chi connectivity index (χ3v) is 3.38. The lowest BCUT2D eigenvalue weighted by Crippen LogP contribution is -2.08. The lowest BCUT2D eigenvalue weighted by molar-refractivity contribution is 0.0474. The van der Waals surface area contributed by atoms with Crippen LogP contribution in [0.5, 0.6) is 0 Å². The summed E-state index contributed by atoms with van der Waals surface area (Å²) in [7, 11) is 0. The molecule has 0 aliphatic rings. The van der Waals surface area contributed by atoms with Gasteiger partial charge in [-0.25, -0.2) is 4.79 Å². The molecule has 0 saturated carbocycles. The second-order valence-corrected chi connectivity index (χ2v) is 5.33. The Balaban J connectivity index is 2.11. The molecule has 0 spiro atoms. The van der Waals surface area contributed by atoms with Gasteiger partial charge in [0.1, 0.15) is 6.61 Å². The molecule has 0 atom stereocenters. The van der Waals surface area contributed by atoms with Crippen LogP contribution in [0.3, 0.4) is 0 Å². The molecule has 104 valence electrons. The normalized spacial score (nSPS) is 10.3. The van der Waals surface area contributed by atoms with Gasteiger partial charge in [0, 0.05) is 10.0 Å². The van der Waals surface area contributed by atoms with Crippen molar-refractivity contribution in [2.24, 2.45) is 0 Å². The van der Waals surface area contributed by atoms with E-state index in [0.29, 0.717) is 10.0 Å². The van der Waals surface area contributed by atoms with Crippen molar-refractivity contribution in [1.29, 1.82) is 0 Å². The molecule has 0 heterocycles. The Hall–Kier alpha value is -1.42. The number of benzene rings is 2. The van der Waals surface area contributed by atoms with Gasteiger partial charge in [-0.1, -0.05) is 46.9 Å². The van der Waals surface area contributed by atoms with Crippen molar-refractivity contribution in [3.63, 3.8) is 0 Å². The van der Waals surface area contributed by atoms with Gasteiger partial charge in [0.15, 0.2) is 0 Å². The molecule has 0 unspecified atom stereocenters. The summed E-state index contributed by atoms with van der Waals surface area (Å²) in [4.78, 5) is 12.0. The molecular formula is C14H10Cl3NO2. The molecule has 6 heteroatoms. The molecule has 2 N–H and O–H groups in total. The molecule has 3 nitrogen and oxygen atoms in total. The van der Waals surface area contributed by atoms with Crippen molar-refractivity contribution in [1.82, 2.24) is 0 Å². The predicted molar refractivity (Wildman–Crippen MR) is 81.4 cm³/mol. The first-order valence-electron chi connectivity index (χ1n) is 5.63. The fraction of sp³-hybridized carbons (Fsp3) is 0.0714. The van der Waals surface area contributed by atoms with E-state index in [1.54, 1.807) is 24.3 Å². The number of hydrogen-bond donors (Lipinski definition) is 1. The minimum Gasteiger partial charge on any atom is -0.457 e. The lowest BCUT2D eigenvalue weighted by Gasteiger charge is -2.09. The molecule has 0 aliphatic carbocycles. The van der Waals surface area contributed by atoms with Gasteiger partial charge in [-0.2, -0.15) is 0 Å². The quantitative estimate of drug-likeness (QED) is 0.661. The predicted octanol–water partition coefficient (Wildman–Crippen LogP) is 4.59. The zero-order valence-corrected chi connectivity index (χ0v) is 12.5. The van der Waals surface area contributed by atoms with Gasteiger partial charge >= 0.3 is 5.97 Å². The van der Waals surface area contributed by atoms with Crippen LogP contribution in [-0.2, 0) is 11.3 Å². The summed E-state index contributed by atoms with van der Waals surface area (Å²) in [6, 6.07) is 9.86. The fourth-order valence-corrected chi connectivity index (χ4v) is 2.18. The summed E-state index contributed by atoms with van der Waals surface area (Å²) in [5, 5.41) is 1.16. The summed E-state index contributed by atoms with van der Waals surface area (Å²) in [6.07, 6.45) is 0. The Kier molecular flexibility index (Phi) is 4.76. The van der Waals surface area contributed by atoms with Crippen molar-refractivity contribution in [3.05, 3.63) is 62.6 Å². The van der Waals surface area contributed by atoms with Crippen molar-refractivity contribution < 1.29 is 9.53 Å². The number of rotatable bonds is 3. The van der Waals surface area contributed by atoms with Gasteiger partial charge in [0.25, 0.3) is 0 Å². The molecule has 2 rings (SSSR count). The van der Waals surface area contributed by atoms with Crippen molar-refractivity contribution in [2.45, 2.75) is 6.61 Å². The van der Waals surface area contributed by atoms with Gasteiger partial charge < -0.3 is 10.5 Å². The molecule has 2 aromatic carbocycles. The van der Waals surface area contributed by atoms with E-state index in [1.807, 2.05) is 0 Å². The molecule has 0 saturated heterocycles. The SMILES string of the molecule is Nc1c(Cl)cc(Cl)cc1C(=O)OCc1ccc(Cl)cc1. The number of nitrogen functional groups attached to an aromatic ring is 1. The minimum absolute atomic E-state index is 0.111. The van der Waals surface area contributed by atoms with Crippen molar-refractivity contribution in [3.8, 4) is 0 Å². The van der Waals surface area contributed by atoms with Crippen LogP contribution in [0, 0.1) is 0 Å². The molecule has 0 fully saturated rings. The number of carbonyl (C=O) groups is 1. The first-order valence-corrected chi connectivity index (χ1v) is 6.77. The maximum Gasteiger partial charge on any atom is 0.340 e. The van der Waals surface area contributed by atoms with Crippen molar-refractivity contribution >= 4 is 46.5 Å². The highest BCUT2D eigenvalue weighted by Crippen LogP contribution is 2.28. The molecule has 0 radical (unpaired) electrons. The highest BCUT2D eigenvalue weighted by molar-refractivity contribution is 6.37. The minimum atomic E-state index is -0.582. The first kappa shape index (κ1) is 15.0. The third kappa shape index (κ3) is 3.57. The van der Waals surface area contributed by atoms with Crippen LogP contribution in [0.4, 0.5) is 5.69 Å². The van der Waals surface area contributed by atoms with Gasteiger partial charge in [0.05, 0.1) is 16.3 Å². The van der Waals surface area contributed by atoms with Crippen LogP contribution < -0.4 is 5.73 Å². The largest absolute Gasteiger partial charge is 0.457 e. The maximum atomic E-state index is 12.0. The Labute approximate surface area is 131 Å². The van der Waals surface area contributed by atoms with Crippen LogP contribution in [-0.4, -0.2) is 5.97 Å². The van der Waals surface area contributed by atoms with Gasteiger partial charge in [-0.3, -0.25) is 0 Å². The Morgan fingerprint density at radius 3 is 2.35 bits per heavy atom. The summed E-state index contributed by atoms with van der Waals surface area (Å²) < 4.78 is 5.17. The van der Waals surface area contributed by atoms with E-state index in [1.165, 1.54) is 12.1 Å². The van der Waals surface area contributed by atoms with E-state index in [2.05, 4.69) is 0 Å². The number of ether oxygens (including phenoxy) is 1. The number of halogens is 3. The summed E-state index contributed by atoms with van der Waals surface area (Å²) >= 11 is 17.5. The molecule has 2 aromatic rings. The monoisotopic (exact) mass is 329 g/mol. The van der Waals surface area contributed by atoms with Gasteiger partial charge in [-0.05, 0) is 29.8 Å². The van der Waals surface area contributed by atoms with E-state index < -0.39 is 5.97 Å². The number of nitrogens with two attached hydrogens (primary N) is 1. The van der Waals surface area contributed by atoms with Crippen LogP contribution in [0.2, 0.25) is 15.1 Å². The fourth-order valence-electron chi connectivity index (χ4n) is 1.56. The lowest BCUT2D eigenvalue weighted by atomic mass is 10.2. The van der Waals surface area contributed by atoms with E-state index in [4.69, 9.17) is 45.3 Å². The Morgan fingerprint density at radius 2 is 1.70 bits per heavy atom. The molecule has 0 aliphatic heterocycles. The Bertz CT molecular complexity index is 642. The summed E-state index contributed by atoms with van der Waals surface area (Å²) in [5.41, 5.74) is 6.85. The van der Waals surface area contributed by atoms with Crippen molar-refractivity contribution in [2.75, 3.05) is 5.73 Å². The Morgan fingerprint density at radius 1 is 1.05 bits per heavy atom. The van der Waals surface area contributed by atoms with Crippen LogP contribution in [0.15, 0.2) is 36.4 Å². The summed E-state index contributed by atoms with van der Waals surface area (Å²) in [6.45, 7) is 0.111. The number of carbonyl (C=O) groups excluding carboxylic acids is 1. The van der Waals surface area contributed by atoms with E-state index in [-0.39, 0.29) is 22.9 Å². The first-order chi connectivity index (χ1) is 9.47. The van der Waals surface area contributed by atoms with E-state index in [9.17, 15) is 4.79 Å². The zero-order valence-electron chi connectivity index (χ0n) is 10.2. The van der Waals surface area contributed by atoms with E-state index in [0.717, 1.165) is 5.56 Å². The van der Waals surface area contributed by atoms with Crippen LogP contribution >= 0.6 is 34.8 Å². The number of hydrogen-bond acceptors (Lipinski definition) is 3. The van der Waals surface area contributed by atoms with Crippen LogP contribution in [0.25, 0.3) is 0 Å². The number of anilines is 1. The maximum absolute atomic E-state index is 12.0. The second kappa shape index (κ2) is 6.35. The highest BCUT2D eigenvalue weighted by atomic mass is 35.5. The molecule has 0 aromatic heterocycles. The standard InChI is InChI=1S/C14H10Cl3NO2/c15-9-3-1-8(2-4-9)7-20-14(19)11-5-10(16)6-12(17)13(11)18/h1-6H,7,18H2. The van der Waals surface area contributed by atoms with Crippen LogP contribution in [0.1, 0.15) is 15.9 Å².